The third kappa shape index (κ3) is 2.07. The smallest absolute Gasteiger partial charge is 0.289 e. The van der Waals surface area contributed by atoms with Crippen molar-refractivity contribution in [1.82, 2.24) is 10.2 Å². The SMILES string of the molecule is O=C(c1cc(F)co1)N1CC2CNCC(C2)C1. The van der Waals surface area contributed by atoms with Gasteiger partial charge in [0.1, 0.15) is 6.26 Å². The van der Waals surface area contributed by atoms with Gasteiger partial charge in [0.05, 0.1) is 0 Å². The van der Waals surface area contributed by atoms with E-state index in [9.17, 15) is 9.18 Å². The second-order valence-corrected chi connectivity index (χ2v) is 4.97. The molecule has 1 N–H and O–H groups in total. The molecule has 17 heavy (non-hydrogen) atoms. The monoisotopic (exact) mass is 238 g/mol. The maximum atomic E-state index is 12.8. The minimum Gasteiger partial charge on any atom is -0.456 e. The fourth-order valence-corrected chi connectivity index (χ4v) is 2.85. The number of nitrogens with one attached hydrogen (secondary N) is 1. The predicted molar refractivity (Wildman–Crippen MR) is 59.0 cm³/mol. The minimum absolute atomic E-state index is 0.107. The zero-order valence-electron chi connectivity index (χ0n) is 9.49. The normalized spacial score (nSPS) is 28.2. The van der Waals surface area contributed by atoms with Gasteiger partial charge >= 0.3 is 0 Å². The van der Waals surface area contributed by atoms with Gasteiger partial charge in [-0.1, -0.05) is 0 Å². The van der Waals surface area contributed by atoms with E-state index in [0.717, 1.165) is 38.5 Å². The average Bonchev–Trinajstić information content (AvgIpc) is 2.74. The third-order valence-corrected chi connectivity index (χ3v) is 3.56. The van der Waals surface area contributed by atoms with Gasteiger partial charge in [0.15, 0.2) is 11.6 Å². The molecule has 0 radical (unpaired) electrons. The van der Waals surface area contributed by atoms with Gasteiger partial charge in [0.2, 0.25) is 0 Å². The van der Waals surface area contributed by atoms with Crippen molar-refractivity contribution in [2.75, 3.05) is 26.2 Å². The Balaban J connectivity index is 1.74. The standard InChI is InChI=1S/C12H15FN2O2/c13-10-2-11(17-7-10)12(16)15-5-8-1-9(6-15)4-14-3-8/h2,7-9,14H,1,3-6H2. The minimum atomic E-state index is -0.493. The molecule has 2 bridgehead atoms. The summed E-state index contributed by atoms with van der Waals surface area (Å²) in [6.07, 6.45) is 2.16. The van der Waals surface area contributed by atoms with E-state index in [1.807, 2.05) is 0 Å². The highest BCUT2D eigenvalue weighted by molar-refractivity contribution is 5.91. The lowest BCUT2D eigenvalue weighted by Crippen LogP contribution is -2.52. The van der Waals surface area contributed by atoms with Gasteiger partial charge in [0, 0.05) is 19.2 Å². The van der Waals surface area contributed by atoms with E-state index in [4.69, 9.17) is 4.42 Å². The van der Waals surface area contributed by atoms with Crippen LogP contribution in [-0.2, 0) is 0 Å². The zero-order chi connectivity index (χ0) is 11.8. The molecule has 2 atom stereocenters. The third-order valence-electron chi connectivity index (χ3n) is 3.56. The number of carbonyl (C=O) groups is 1. The van der Waals surface area contributed by atoms with E-state index in [1.165, 1.54) is 6.42 Å². The molecule has 2 unspecified atom stereocenters. The van der Waals surface area contributed by atoms with Crippen molar-refractivity contribution in [3.05, 3.63) is 23.9 Å². The number of furan rings is 1. The fraction of sp³-hybridized carbons (Fsp3) is 0.583. The number of amides is 1. The summed E-state index contributed by atoms with van der Waals surface area (Å²) in [7, 11) is 0. The molecule has 3 heterocycles. The summed E-state index contributed by atoms with van der Waals surface area (Å²) >= 11 is 0. The summed E-state index contributed by atoms with van der Waals surface area (Å²) in [5.74, 6) is 0.464. The Kier molecular flexibility index (Phi) is 2.63. The van der Waals surface area contributed by atoms with E-state index in [2.05, 4.69) is 5.32 Å². The van der Waals surface area contributed by atoms with Crippen LogP contribution in [0.4, 0.5) is 4.39 Å². The highest BCUT2D eigenvalue weighted by Crippen LogP contribution is 2.25. The van der Waals surface area contributed by atoms with Gasteiger partial charge in [-0.2, -0.15) is 0 Å². The molecule has 1 aromatic heterocycles. The van der Waals surface area contributed by atoms with Crippen LogP contribution in [0.2, 0.25) is 0 Å². The summed E-state index contributed by atoms with van der Waals surface area (Å²) in [6, 6.07) is 1.16. The molecule has 2 aliphatic rings. The lowest BCUT2D eigenvalue weighted by Gasteiger charge is -2.41. The number of fused-ring (bicyclic) bond motifs is 2. The highest BCUT2D eigenvalue weighted by Gasteiger charge is 2.33. The maximum Gasteiger partial charge on any atom is 0.289 e. The molecule has 2 saturated heterocycles. The Morgan fingerprint density at radius 2 is 2.12 bits per heavy atom. The van der Waals surface area contributed by atoms with Gasteiger partial charge in [-0.15, -0.1) is 0 Å². The maximum absolute atomic E-state index is 12.8. The second kappa shape index (κ2) is 4.14. The van der Waals surface area contributed by atoms with Gasteiger partial charge in [0.25, 0.3) is 5.91 Å². The van der Waals surface area contributed by atoms with Crippen LogP contribution >= 0.6 is 0 Å². The molecule has 0 aliphatic carbocycles. The molecule has 2 aliphatic heterocycles. The largest absolute Gasteiger partial charge is 0.456 e. The molecule has 0 saturated carbocycles. The molecule has 4 nitrogen and oxygen atoms in total. The van der Waals surface area contributed by atoms with Crippen LogP contribution in [0.1, 0.15) is 17.0 Å². The molecule has 0 aromatic carbocycles. The number of carbonyl (C=O) groups excluding carboxylic acids is 1. The Bertz CT molecular complexity index is 420. The Morgan fingerprint density at radius 3 is 2.71 bits per heavy atom. The van der Waals surface area contributed by atoms with Crippen LogP contribution in [0.5, 0.6) is 0 Å². The van der Waals surface area contributed by atoms with Gasteiger partial charge in [-0.05, 0) is 31.3 Å². The number of nitrogens with zero attached hydrogens (tertiary/aromatic N) is 1. The lowest BCUT2D eigenvalue weighted by atomic mass is 9.86. The van der Waals surface area contributed by atoms with Crippen molar-refractivity contribution >= 4 is 5.91 Å². The van der Waals surface area contributed by atoms with Crippen LogP contribution in [-0.4, -0.2) is 37.0 Å². The van der Waals surface area contributed by atoms with E-state index < -0.39 is 5.82 Å². The number of hydrogen-bond donors (Lipinski definition) is 1. The van der Waals surface area contributed by atoms with Gasteiger partial charge < -0.3 is 14.6 Å². The fourth-order valence-electron chi connectivity index (χ4n) is 2.85. The van der Waals surface area contributed by atoms with Crippen molar-refractivity contribution in [1.29, 1.82) is 0 Å². The van der Waals surface area contributed by atoms with Crippen molar-refractivity contribution in [2.24, 2.45) is 11.8 Å². The Labute approximate surface area is 98.8 Å². The Hall–Kier alpha value is -1.36. The highest BCUT2D eigenvalue weighted by atomic mass is 19.1. The first-order chi connectivity index (χ1) is 8.22. The molecule has 0 spiro atoms. The number of rotatable bonds is 1. The quantitative estimate of drug-likeness (QED) is 0.797. The summed E-state index contributed by atoms with van der Waals surface area (Å²) < 4.78 is 17.7. The molecule has 2 fully saturated rings. The molecule has 3 rings (SSSR count). The van der Waals surface area contributed by atoms with Gasteiger partial charge in [-0.25, -0.2) is 4.39 Å². The molecular formula is C12H15FN2O2. The Morgan fingerprint density at radius 1 is 1.41 bits per heavy atom. The van der Waals surface area contributed by atoms with Crippen LogP contribution in [0, 0.1) is 17.7 Å². The average molecular weight is 238 g/mol. The first kappa shape index (κ1) is 10.8. The number of likely N-dealkylation sites (tertiary alicyclic amines) is 1. The molecule has 92 valence electrons. The van der Waals surface area contributed by atoms with Crippen LogP contribution in [0.25, 0.3) is 0 Å². The summed E-state index contributed by atoms with van der Waals surface area (Å²) in [5, 5.41) is 3.37. The summed E-state index contributed by atoms with van der Waals surface area (Å²) in [5.41, 5.74) is 0. The molecule has 1 aromatic rings. The lowest BCUT2D eigenvalue weighted by molar-refractivity contribution is 0.0508. The van der Waals surface area contributed by atoms with Crippen LogP contribution in [0.15, 0.2) is 16.7 Å². The van der Waals surface area contributed by atoms with Crippen molar-refractivity contribution < 1.29 is 13.6 Å². The molecule has 5 heteroatoms. The number of halogens is 1. The first-order valence-electron chi connectivity index (χ1n) is 5.96. The van der Waals surface area contributed by atoms with Crippen LogP contribution < -0.4 is 5.32 Å². The van der Waals surface area contributed by atoms with Crippen molar-refractivity contribution in [3.8, 4) is 0 Å². The second-order valence-electron chi connectivity index (χ2n) is 4.97. The zero-order valence-corrected chi connectivity index (χ0v) is 9.49. The van der Waals surface area contributed by atoms with E-state index >= 15 is 0 Å². The summed E-state index contributed by atoms with van der Waals surface area (Å²) in [4.78, 5) is 13.9. The number of hydrogen-bond acceptors (Lipinski definition) is 3. The van der Waals surface area contributed by atoms with Crippen molar-refractivity contribution in [3.63, 3.8) is 0 Å². The molecule has 1 amide bonds. The van der Waals surface area contributed by atoms with E-state index in [1.54, 1.807) is 4.90 Å². The topological polar surface area (TPSA) is 45.5 Å². The van der Waals surface area contributed by atoms with E-state index in [-0.39, 0.29) is 11.7 Å². The van der Waals surface area contributed by atoms with E-state index in [0.29, 0.717) is 11.8 Å². The summed E-state index contributed by atoms with van der Waals surface area (Å²) in [6.45, 7) is 3.41. The first-order valence-corrected chi connectivity index (χ1v) is 5.96. The van der Waals surface area contributed by atoms with Gasteiger partial charge in [-0.3, -0.25) is 4.79 Å². The van der Waals surface area contributed by atoms with Crippen LogP contribution in [0.3, 0.4) is 0 Å². The van der Waals surface area contributed by atoms with Crippen molar-refractivity contribution in [2.45, 2.75) is 6.42 Å². The predicted octanol–water partition coefficient (Wildman–Crippen LogP) is 1.10. The number of piperidine rings is 2. The molecular weight excluding hydrogens is 223 g/mol.